The lowest BCUT2D eigenvalue weighted by molar-refractivity contribution is 0.0224. The molecule has 3 atom stereocenters. The summed E-state index contributed by atoms with van der Waals surface area (Å²) in [6.07, 6.45) is 3.59. The van der Waals surface area contributed by atoms with Crippen LogP contribution in [-0.4, -0.2) is 5.78 Å². The lowest BCUT2D eigenvalue weighted by Crippen LogP contribution is -2.36. The van der Waals surface area contributed by atoms with Crippen LogP contribution in [0.4, 0.5) is 4.39 Å². The first-order valence-corrected chi connectivity index (χ1v) is 11.0. The molecule has 2 nitrogen and oxygen atoms in total. The van der Waals surface area contributed by atoms with Crippen molar-refractivity contribution in [3.63, 3.8) is 0 Å². The first kappa shape index (κ1) is 19.7. The zero-order valence-corrected chi connectivity index (χ0v) is 17.3. The summed E-state index contributed by atoms with van der Waals surface area (Å²) in [5, 5.41) is 0. The smallest absolute Gasteiger partial charge is 0.170 e. The van der Waals surface area contributed by atoms with Crippen molar-refractivity contribution in [1.29, 1.82) is 0 Å². The van der Waals surface area contributed by atoms with Crippen LogP contribution in [0.3, 0.4) is 0 Å². The Morgan fingerprint density at radius 3 is 2.13 bits per heavy atom. The molecular formula is C28H25FO2. The topological polar surface area (TPSA) is 26.3 Å². The molecule has 0 saturated carbocycles. The molecule has 156 valence electrons. The summed E-state index contributed by atoms with van der Waals surface area (Å²) in [5.41, 5.74) is 3.92. The maximum absolute atomic E-state index is 13.9. The van der Waals surface area contributed by atoms with E-state index in [4.69, 9.17) is 4.74 Å². The summed E-state index contributed by atoms with van der Waals surface area (Å²) >= 11 is 0. The molecule has 3 heteroatoms. The van der Waals surface area contributed by atoms with Crippen LogP contribution >= 0.6 is 0 Å². The highest BCUT2D eigenvalue weighted by Crippen LogP contribution is 2.52. The van der Waals surface area contributed by atoms with Crippen molar-refractivity contribution in [3.05, 3.63) is 119 Å². The lowest BCUT2D eigenvalue weighted by Gasteiger charge is -2.42. The average Bonchev–Trinajstić information content (AvgIpc) is 2.84. The number of halogens is 1. The molecule has 3 aromatic rings. The summed E-state index contributed by atoms with van der Waals surface area (Å²) < 4.78 is 20.2. The number of benzene rings is 3. The summed E-state index contributed by atoms with van der Waals surface area (Å²) in [4.78, 5) is 13.9. The number of Topliss-reactive ketones (excluding diaryl/α,β-unsaturated/α-hetero) is 1. The van der Waals surface area contributed by atoms with Gasteiger partial charge in [-0.1, -0.05) is 72.8 Å². The second-order valence-corrected chi connectivity index (χ2v) is 8.39. The second kappa shape index (κ2) is 8.50. The summed E-state index contributed by atoms with van der Waals surface area (Å²) in [5.74, 6) is 0.343. The largest absolute Gasteiger partial charge is 0.489 e. The maximum atomic E-state index is 13.9. The molecule has 0 aromatic heterocycles. The molecule has 0 saturated heterocycles. The second-order valence-electron chi connectivity index (χ2n) is 8.39. The van der Waals surface area contributed by atoms with Crippen LogP contribution in [-0.2, 0) is 4.74 Å². The van der Waals surface area contributed by atoms with Crippen LogP contribution in [0.5, 0.6) is 0 Å². The molecule has 1 aliphatic heterocycles. The fourth-order valence-electron chi connectivity index (χ4n) is 5.06. The lowest BCUT2D eigenvalue weighted by atomic mass is 9.68. The van der Waals surface area contributed by atoms with Crippen LogP contribution in [0, 0.1) is 11.7 Å². The summed E-state index contributed by atoms with van der Waals surface area (Å²) in [7, 11) is 0. The molecule has 0 spiro atoms. The Morgan fingerprint density at radius 1 is 0.774 bits per heavy atom. The van der Waals surface area contributed by atoms with Gasteiger partial charge in [0.15, 0.2) is 5.78 Å². The van der Waals surface area contributed by atoms with Gasteiger partial charge in [-0.2, -0.15) is 0 Å². The van der Waals surface area contributed by atoms with Gasteiger partial charge in [0.1, 0.15) is 11.9 Å². The van der Waals surface area contributed by atoms with Crippen molar-refractivity contribution >= 4 is 5.78 Å². The van der Waals surface area contributed by atoms with E-state index < -0.39 is 12.0 Å². The van der Waals surface area contributed by atoms with Gasteiger partial charge in [-0.3, -0.25) is 4.79 Å². The molecule has 5 rings (SSSR count). The zero-order valence-electron chi connectivity index (χ0n) is 17.3. The number of ether oxygens (including phenoxy) is 1. The van der Waals surface area contributed by atoms with E-state index in [1.807, 2.05) is 48.5 Å². The molecule has 0 N–H and O–H groups in total. The Morgan fingerprint density at radius 2 is 1.42 bits per heavy atom. The van der Waals surface area contributed by atoms with Gasteiger partial charge >= 0.3 is 0 Å². The normalized spacial score (nSPS) is 23.1. The molecule has 2 aliphatic rings. The third-order valence-electron chi connectivity index (χ3n) is 6.51. The van der Waals surface area contributed by atoms with Gasteiger partial charge in [0.05, 0.1) is 11.7 Å². The molecule has 3 unspecified atom stereocenters. The third-order valence-corrected chi connectivity index (χ3v) is 6.51. The van der Waals surface area contributed by atoms with E-state index in [1.165, 1.54) is 17.7 Å². The fraction of sp³-hybridized carbons (Fsp3) is 0.250. The first-order chi connectivity index (χ1) is 15.2. The summed E-state index contributed by atoms with van der Waals surface area (Å²) in [6.45, 7) is 0. The van der Waals surface area contributed by atoms with Crippen molar-refractivity contribution in [2.24, 2.45) is 5.92 Å². The Balaban J connectivity index is 1.69. The zero-order chi connectivity index (χ0) is 21.2. The van der Waals surface area contributed by atoms with Gasteiger partial charge < -0.3 is 4.74 Å². The van der Waals surface area contributed by atoms with Crippen LogP contribution in [0.25, 0.3) is 0 Å². The van der Waals surface area contributed by atoms with Crippen molar-refractivity contribution in [1.82, 2.24) is 0 Å². The molecule has 1 aliphatic carbocycles. The van der Waals surface area contributed by atoms with E-state index in [2.05, 4.69) is 12.1 Å². The van der Waals surface area contributed by atoms with Gasteiger partial charge in [-0.05, 0) is 48.1 Å². The van der Waals surface area contributed by atoms with E-state index in [9.17, 15) is 9.18 Å². The quantitative estimate of drug-likeness (QED) is 0.431. The average molecular weight is 413 g/mol. The minimum atomic E-state index is -0.449. The standard InChI is InChI=1S/C28H25FO2/c29-22-17-15-21(16-18-22)28-26(27(30)20-11-5-2-6-12-20)25(19-9-3-1-4-10-19)23-13-7-8-14-24(23)31-28/h1-6,9-12,15-18,25-26,28H,7-8,13-14H2. The van der Waals surface area contributed by atoms with Crippen LogP contribution in [0.2, 0.25) is 0 Å². The van der Waals surface area contributed by atoms with E-state index in [1.54, 1.807) is 12.1 Å². The number of allylic oxidation sites excluding steroid dienone is 2. The maximum Gasteiger partial charge on any atom is 0.170 e. The number of hydrogen-bond donors (Lipinski definition) is 0. The molecule has 0 amide bonds. The van der Waals surface area contributed by atoms with E-state index in [0.717, 1.165) is 42.6 Å². The molecular weight excluding hydrogens is 387 g/mol. The Labute approximate surface area is 182 Å². The highest BCUT2D eigenvalue weighted by atomic mass is 19.1. The molecule has 0 fully saturated rings. The molecule has 0 radical (unpaired) electrons. The van der Waals surface area contributed by atoms with Crippen molar-refractivity contribution in [2.45, 2.75) is 37.7 Å². The number of hydrogen-bond acceptors (Lipinski definition) is 2. The number of ketones is 1. The Bertz CT molecular complexity index is 1090. The minimum Gasteiger partial charge on any atom is -0.489 e. The van der Waals surface area contributed by atoms with Gasteiger partial charge in [0.2, 0.25) is 0 Å². The minimum absolute atomic E-state index is 0.0481. The third kappa shape index (κ3) is 3.81. The fourth-order valence-corrected chi connectivity index (χ4v) is 5.06. The SMILES string of the molecule is O=C(c1ccccc1)C1C(c2ccc(F)cc2)OC2=C(CCCC2)C1c1ccccc1. The summed E-state index contributed by atoms with van der Waals surface area (Å²) in [6, 6.07) is 26.2. The first-order valence-electron chi connectivity index (χ1n) is 11.0. The highest BCUT2D eigenvalue weighted by molar-refractivity contribution is 5.99. The van der Waals surface area contributed by atoms with Crippen molar-refractivity contribution in [3.8, 4) is 0 Å². The van der Waals surface area contributed by atoms with E-state index in [-0.39, 0.29) is 17.5 Å². The Kier molecular flexibility index (Phi) is 5.42. The van der Waals surface area contributed by atoms with Crippen molar-refractivity contribution in [2.75, 3.05) is 0 Å². The monoisotopic (exact) mass is 412 g/mol. The van der Waals surface area contributed by atoms with E-state index >= 15 is 0 Å². The molecule has 31 heavy (non-hydrogen) atoms. The highest BCUT2D eigenvalue weighted by Gasteiger charge is 2.45. The van der Waals surface area contributed by atoms with Gasteiger partial charge in [0, 0.05) is 17.9 Å². The number of carbonyl (C=O) groups excluding carboxylic acids is 1. The van der Waals surface area contributed by atoms with Gasteiger partial charge in [-0.25, -0.2) is 4.39 Å². The number of carbonyl (C=O) groups is 1. The molecule has 0 bridgehead atoms. The van der Waals surface area contributed by atoms with E-state index in [0.29, 0.717) is 5.56 Å². The Hall–Kier alpha value is -3.20. The molecule has 1 heterocycles. The predicted octanol–water partition coefficient (Wildman–Crippen LogP) is 7.01. The molecule has 3 aromatic carbocycles. The van der Waals surface area contributed by atoms with Gasteiger partial charge in [-0.15, -0.1) is 0 Å². The van der Waals surface area contributed by atoms with Gasteiger partial charge in [0.25, 0.3) is 0 Å². The van der Waals surface area contributed by atoms with Crippen LogP contribution in [0.15, 0.2) is 96.3 Å². The van der Waals surface area contributed by atoms with Crippen LogP contribution < -0.4 is 0 Å². The number of rotatable bonds is 4. The predicted molar refractivity (Wildman–Crippen MR) is 119 cm³/mol. The van der Waals surface area contributed by atoms with Crippen LogP contribution in [0.1, 0.15) is 59.2 Å². The van der Waals surface area contributed by atoms with Crippen molar-refractivity contribution < 1.29 is 13.9 Å².